The lowest BCUT2D eigenvalue weighted by atomic mass is 9.87. The third kappa shape index (κ3) is 5.02. The average molecular weight is 409 g/mol. The fourth-order valence-corrected chi connectivity index (χ4v) is 2.29. The van der Waals surface area contributed by atoms with Gasteiger partial charge in [0, 0.05) is 9.26 Å². The van der Waals surface area contributed by atoms with Crippen molar-refractivity contribution in [3.05, 3.63) is 57.7 Å². The van der Waals surface area contributed by atoms with Gasteiger partial charge in [-0.15, -0.1) is 0 Å². The van der Waals surface area contributed by atoms with E-state index in [2.05, 4.69) is 48.7 Å². The lowest BCUT2D eigenvalue weighted by molar-refractivity contribution is -0.118. The summed E-state index contributed by atoms with van der Waals surface area (Å²) >= 11 is 2.23. The molecular formula is C18H20INO2. The molecule has 0 saturated carbocycles. The Morgan fingerprint density at radius 1 is 1.05 bits per heavy atom. The Bertz CT molecular complexity index is 628. The van der Waals surface area contributed by atoms with Crippen molar-refractivity contribution in [1.82, 2.24) is 0 Å². The number of hydrogen-bond acceptors (Lipinski definition) is 2. The summed E-state index contributed by atoms with van der Waals surface area (Å²) in [6.45, 7) is 6.49. The summed E-state index contributed by atoms with van der Waals surface area (Å²) in [5.74, 6) is 0.534. The number of anilines is 1. The molecule has 0 unspecified atom stereocenters. The minimum atomic E-state index is -0.166. The normalized spacial score (nSPS) is 11.1. The lowest BCUT2D eigenvalue weighted by Gasteiger charge is -2.19. The van der Waals surface area contributed by atoms with Crippen molar-refractivity contribution in [3.63, 3.8) is 0 Å². The number of benzene rings is 2. The van der Waals surface area contributed by atoms with Crippen molar-refractivity contribution in [2.75, 3.05) is 11.9 Å². The fraction of sp³-hybridized carbons (Fsp3) is 0.278. The molecule has 0 radical (unpaired) electrons. The number of hydrogen-bond donors (Lipinski definition) is 1. The van der Waals surface area contributed by atoms with E-state index in [1.807, 2.05) is 48.5 Å². The van der Waals surface area contributed by atoms with Gasteiger partial charge in [-0.2, -0.15) is 0 Å². The van der Waals surface area contributed by atoms with Crippen LogP contribution in [0.3, 0.4) is 0 Å². The number of carbonyl (C=O) groups is 1. The highest BCUT2D eigenvalue weighted by Crippen LogP contribution is 2.24. The van der Waals surface area contributed by atoms with Crippen LogP contribution in [0.2, 0.25) is 0 Å². The Morgan fingerprint density at radius 3 is 2.18 bits per heavy atom. The van der Waals surface area contributed by atoms with Gasteiger partial charge in [0.2, 0.25) is 0 Å². The number of ether oxygens (including phenoxy) is 1. The van der Waals surface area contributed by atoms with Gasteiger partial charge in [-0.3, -0.25) is 4.79 Å². The van der Waals surface area contributed by atoms with Crippen molar-refractivity contribution < 1.29 is 9.53 Å². The summed E-state index contributed by atoms with van der Waals surface area (Å²) in [7, 11) is 0. The third-order valence-corrected chi connectivity index (χ3v) is 3.94. The minimum absolute atomic E-state index is 0.000844. The van der Waals surface area contributed by atoms with Crippen molar-refractivity contribution in [2.24, 2.45) is 0 Å². The molecule has 0 heterocycles. The van der Waals surface area contributed by atoms with Crippen LogP contribution in [-0.4, -0.2) is 12.5 Å². The maximum Gasteiger partial charge on any atom is 0.262 e. The molecule has 0 aliphatic heterocycles. The van der Waals surface area contributed by atoms with E-state index in [1.54, 1.807) is 0 Å². The highest BCUT2D eigenvalue weighted by molar-refractivity contribution is 14.1. The Labute approximate surface area is 145 Å². The molecule has 4 heteroatoms. The molecule has 0 aliphatic rings. The van der Waals surface area contributed by atoms with Crippen LogP contribution in [0.1, 0.15) is 26.3 Å². The number of halogens is 1. The average Bonchev–Trinajstić information content (AvgIpc) is 2.47. The second-order valence-corrected chi connectivity index (χ2v) is 7.36. The van der Waals surface area contributed by atoms with E-state index in [-0.39, 0.29) is 17.9 Å². The van der Waals surface area contributed by atoms with Crippen LogP contribution in [0.25, 0.3) is 0 Å². The van der Waals surface area contributed by atoms with E-state index in [1.165, 1.54) is 5.56 Å². The van der Waals surface area contributed by atoms with E-state index < -0.39 is 0 Å². The molecule has 2 aromatic rings. The summed E-state index contributed by atoms with van der Waals surface area (Å²) in [4.78, 5) is 11.9. The largest absolute Gasteiger partial charge is 0.484 e. The zero-order valence-electron chi connectivity index (χ0n) is 13.0. The fourth-order valence-electron chi connectivity index (χ4n) is 1.93. The van der Waals surface area contributed by atoms with Gasteiger partial charge in [0.15, 0.2) is 6.61 Å². The Hall–Kier alpha value is -1.56. The summed E-state index contributed by atoms with van der Waals surface area (Å²) in [5, 5.41) is 2.81. The van der Waals surface area contributed by atoms with Crippen molar-refractivity contribution >= 4 is 34.2 Å². The van der Waals surface area contributed by atoms with Gasteiger partial charge >= 0.3 is 0 Å². The third-order valence-electron chi connectivity index (χ3n) is 3.22. The van der Waals surface area contributed by atoms with Crippen molar-refractivity contribution in [3.8, 4) is 5.75 Å². The first-order chi connectivity index (χ1) is 10.3. The molecule has 0 atom stereocenters. The first-order valence-electron chi connectivity index (χ1n) is 7.13. The summed E-state index contributed by atoms with van der Waals surface area (Å²) in [6, 6.07) is 15.5. The molecule has 0 fully saturated rings. The first-order valence-corrected chi connectivity index (χ1v) is 8.21. The molecule has 3 nitrogen and oxygen atoms in total. The van der Waals surface area contributed by atoms with Crippen molar-refractivity contribution in [1.29, 1.82) is 0 Å². The number of amides is 1. The number of carbonyl (C=O) groups excluding carboxylic acids is 1. The van der Waals surface area contributed by atoms with Gasteiger partial charge in [-0.05, 0) is 70.0 Å². The molecular weight excluding hydrogens is 389 g/mol. The zero-order valence-corrected chi connectivity index (χ0v) is 15.2. The van der Waals surface area contributed by atoms with Gasteiger partial charge in [-0.1, -0.05) is 32.9 Å². The number of nitrogens with one attached hydrogen (secondary N) is 1. The number of rotatable bonds is 4. The molecule has 0 aromatic heterocycles. The predicted octanol–water partition coefficient (Wildman–Crippen LogP) is 4.61. The Balaban J connectivity index is 1.87. The monoisotopic (exact) mass is 409 g/mol. The highest BCUT2D eigenvalue weighted by Gasteiger charge is 2.13. The van der Waals surface area contributed by atoms with E-state index in [0.717, 1.165) is 9.26 Å². The molecule has 116 valence electrons. The topological polar surface area (TPSA) is 38.3 Å². The standard InChI is InChI=1S/C18H20INO2/c1-18(2,3)13-4-10-16(11-5-13)22-12-17(21)20-15-8-6-14(19)7-9-15/h4-11H,12H2,1-3H3,(H,20,21). The maximum atomic E-state index is 11.9. The van der Waals surface area contributed by atoms with Crippen LogP contribution in [0.15, 0.2) is 48.5 Å². The van der Waals surface area contributed by atoms with Gasteiger partial charge < -0.3 is 10.1 Å². The minimum Gasteiger partial charge on any atom is -0.484 e. The second-order valence-electron chi connectivity index (χ2n) is 6.12. The first kappa shape index (κ1) is 16.8. The van der Waals surface area contributed by atoms with Crippen LogP contribution < -0.4 is 10.1 Å². The van der Waals surface area contributed by atoms with Gasteiger partial charge in [0.1, 0.15) is 5.75 Å². The highest BCUT2D eigenvalue weighted by atomic mass is 127. The van der Waals surface area contributed by atoms with Gasteiger partial charge in [0.05, 0.1) is 0 Å². The zero-order chi connectivity index (χ0) is 16.2. The van der Waals surface area contributed by atoms with E-state index in [0.29, 0.717) is 5.75 Å². The van der Waals surface area contributed by atoms with Crippen LogP contribution in [0.5, 0.6) is 5.75 Å². The molecule has 0 spiro atoms. The quantitative estimate of drug-likeness (QED) is 0.750. The predicted molar refractivity (Wildman–Crippen MR) is 98.4 cm³/mol. The Morgan fingerprint density at radius 2 is 1.64 bits per heavy atom. The summed E-state index contributed by atoms with van der Waals surface area (Å²) in [5.41, 5.74) is 2.13. The molecule has 0 bridgehead atoms. The SMILES string of the molecule is CC(C)(C)c1ccc(OCC(=O)Nc2ccc(I)cc2)cc1. The van der Waals surface area contributed by atoms with Crippen LogP contribution in [0.4, 0.5) is 5.69 Å². The Kier molecular flexibility index (Phi) is 5.45. The summed E-state index contributed by atoms with van der Waals surface area (Å²) < 4.78 is 6.65. The molecule has 2 aromatic carbocycles. The second kappa shape index (κ2) is 7.13. The van der Waals surface area contributed by atoms with E-state index in [9.17, 15) is 4.79 Å². The molecule has 1 amide bonds. The van der Waals surface area contributed by atoms with E-state index >= 15 is 0 Å². The molecule has 22 heavy (non-hydrogen) atoms. The maximum absolute atomic E-state index is 11.9. The van der Waals surface area contributed by atoms with E-state index in [4.69, 9.17) is 4.74 Å². The van der Waals surface area contributed by atoms with Crippen LogP contribution in [-0.2, 0) is 10.2 Å². The molecule has 1 N–H and O–H groups in total. The molecule has 2 rings (SSSR count). The smallest absolute Gasteiger partial charge is 0.262 e. The van der Waals surface area contributed by atoms with Crippen molar-refractivity contribution in [2.45, 2.75) is 26.2 Å². The van der Waals surface area contributed by atoms with Crippen LogP contribution in [0, 0.1) is 3.57 Å². The summed E-state index contributed by atoms with van der Waals surface area (Å²) in [6.07, 6.45) is 0. The van der Waals surface area contributed by atoms with Crippen LogP contribution >= 0.6 is 22.6 Å². The molecule has 0 saturated heterocycles. The van der Waals surface area contributed by atoms with Gasteiger partial charge in [-0.25, -0.2) is 0 Å². The molecule has 0 aliphatic carbocycles. The van der Waals surface area contributed by atoms with Gasteiger partial charge in [0.25, 0.3) is 5.91 Å². The lowest BCUT2D eigenvalue weighted by Crippen LogP contribution is -2.20.